The van der Waals surface area contributed by atoms with Crippen LogP contribution in [0.2, 0.25) is 0 Å². The molecule has 1 aromatic heterocycles. The molecule has 2 aromatic rings. The molecule has 1 aromatic carbocycles. The number of nitrogens with one attached hydrogen (secondary N) is 2. The van der Waals surface area contributed by atoms with Crippen LogP contribution in [-0.4, -0.2) is 12.0 Å². The van der Waals surface area contributed by atoms with E-state index in [1.165, 1.54) is 0 Å². The first-order chi connectivity index (χ1) is 10.4. The highest BCUT2D eigenvalue weighted by atomic mass is 16.5. The fraction of sp³-hybridized carbons (Fsp3) is 0.389. The van der Waals surface area contributed by atoms with Gasteiger partial charge in [0.2, 0.25) is 5.56 Å². The van der Waals surface area contributed by atoms with Gasteiger partial charge in [-0.2, -0.15) is 0 Å². The zero-order valence-electron chi connectivity index (χ0n) is 13.9. The third-order valence-corrected chi connectivity index (χ3v) is 3.82. The van der Waals surface area contributed by atoms with Gasteiger partial charge in [0.05, 0.1) is 5.69 Å². The van der Waals surface area contributed by atoms with Crippen molar-refractivity contribution in [3.63, 3.8) is 0 Å². The molecule has 0 spiro atoms. The van der Waals surface area contributed by atoms with Crippen molar-refractivity contribution < 1.29 is 4.74 Å². The van der Waals surface area contributed by atoms with Crippen LogP contribution in [0.15, 0.2) is 35.1 Å². The van der Waals surface area contributed by atoms with Crippen molar-refractivity contribution in [1.82, 2.24) is 4.98 Å². The van der Waals surface area contributed by atoms with Crippen LogP contribution >= 0.6 is 0 Å². The summed E-state index contributed by atoms with van der Waals surface area (Å²) in [5.74, 6) is 0.816. The Hall–Kier alpha value is -2.23. The van der Waals surface area contributed by atoms with Gasteiger partial charge in [0.15, 0.2) is 0 Å². The van der Waals surface area contributed by atoms with E-state index in [2.05, 4.69) is 17.2 Å². The van der Waals surface area contributed by atoms with Crippen LogP contribution in [0.5, 0.6) is 5.75 Å². The van der Waals surface area contributed by atoms with Crippen molar-refractivity contribution in [2.24, 2.45) is 0 Å². The van der Waals surface area contributed by atoms with E-state index >= 15 is 0 Å². The van der Waals surface area contributed by atoms with E-state index in [0.717, 1.165) is 34.7 Å². The number of ether oxygens (including phenoxy) is 1. The number of pyridine rings is 1. The lowest BCUT2D eigenvalue weighted by Crippen LogP contribution is -2.30. The number of H-pyrrole nitrogens is 1. The predicted octanol–water partition coefficient (Wildman–Crippen LogP) is 3.60. The fourth-order valence-electron chi connectivity index (χ4n) is 2.58. The first-order valence-corrected chi connectivity index (χ1v) is 7.57. The molecule has 1 heterocycles. The topological polar surface area (TPSA) is 54.1 Å². The Balaban J connectivity index is 2.39. The molecule has 118 valence electrons. The zero-order valence-corrected chi connectivity index (χ0v) is 13.9. The minimum absolute atomic E-state index is 0.105. The molecular weight excluding hydrogens is 276 g/mol. The van der Waals surface area contributed by atoms with Gasteiger partial charge in [0, 0.05) is 18.8 Å². The molecule has 2 rings (SSSR count). The van der Waals surface area contributed by atoms with Crippen LogP contribution in [-0.2, 0) is 12.0 Å². The fourth-order valence-corrected chi connectivity index (χ4v) is 2.58. The molecule has 0 fully saturated rings. The van der Waals surface area contributed by atoms with Crippen molar-refractivity contribution in [1.29, 1.82) is 0 Å². The summed E-state index contributed by atoms with van der Waals surface area (Å²) in [6.07, 6.45) is 0.844. The maximum Gasteiger partial charge on any atom is 0.248 e. The standard InChI is InChI=1S/C18H24N2O2/c1-6-13-7-10-16(21)20-17(13)18(3,4)22-15-9-8-14(19-5)11-12(15)2/h7-11,19H,6H2,1-5H3,(H,20,21). The molecule has 22 heavy (non-hydrogen) atoms. The van der Waals surface area contributed by atoms with Gasteiger partial charge in [-0.1, -0.05) is 13.0 Å². The molecule has 0 radical (unpaired) electrons. The van der Waals surface area contributed by atoms with Gasteiger partial charge >= 0.3 is 0 Å². The molecule has 4 nitrogen and oxygen atoms in total. The summed E-state index contributed by atoms with van der Waals surface area (Å²) >= 11 is 0. The highest BCUT2D eigenvalue weighted by Crippen LogP contribution is 2.31. The molecule has 0 bridgehead atoms. The van der Waals surface area contributed by atoms with E-state index in [9.17, 15) is 4.79 Å². The third kappa shape index (κ3) is 3.32. The summed E-state index contributed by atoms with van der Waals surface area (Å²) in [7, 11) is 1.89. The highest BCUT2D eigenvalue weighted by Gasteiger charge is 2.27. The second-order valence-corrected chi connectivity index (χ2v) is 5.92. The van der Waals surface area contributed by atoms with Crippen molar-refractivity contribution in [2.45, 2.75) is 39.7 Å². The Kier molecular flexibility index (Phi) is 4.59. The van der Waals surface area contributed by atoms with E-state index in [1.54, 1.807) is 6.07 Å². The Morgan fingerprint density at radius 2 is 1.95 bits per heavy atom. The SMILES string of the molecule is CCc1ccc(=O)[nH]c1C(C)(C)Oc1ccc(NC)cc1C. The molecule has 2 N–H and O–H groups in total. The van der Waals surface area contributed by atoms with Gasteiger partial charge < -0.3 is 15.0 Å². The van der Waals surface area contributed by atoms with E-state index in [-0.39, 0.29) is 5.56 Å². The van der Waals surface area contributed by atoms with Crippen LogP contribution in [0.1, 0.15) is 37.6 Å². The van der Waals surface area contributed by atoms with Crippen LogP contribution < -0.4 is 15.6 Å². The summed E-state index contributed by atoms with van der Waals surface area (Å²) in [5, 5.41) is 3.11. The highest BCUT2D eigenvalue weighted by molar-refractivity contribution is 5.50. The van der Waals surface area contributed by atoms with Gasteiger partial charge in [-0.25, -0.2) is 0 Å². The van der Waals surface area contributed by atoms with E-state index in [4.69, 9.17) is 4.74 Å². The molecule has 0 amide bonds. The molecule has 0 aliphatic rings. The van der Waals surface area contributed by atoms with Crippen molar-refractivity contribution in [3.8, 4) is 5.75 Å². The van der Waals surface area contributed by atoms with Crippen molar-refractivity contribution in [2.75, 3.05) is 12.4 Å². The van der Waals surface area contributed by atoms with Crippen LogP contribution in [0.25, 0.3) is 0 Å². The molecule has 0 saturated heterocycles. The predicted molar refractivity (Wildman–Crippen MR) is 90.8 cm³/mol. The molecule has 0 saturated carbocycles. The second kappa shape index (κ2) is 6.26. The molecule has 0 aliphatic carbocycles. The summed E-state index contributed by atoms with van der Waals surface area (Å²) < 4.78 is 6.22. The minimum Gasteiger partial charge on any atom is -0.481 e. The Morgan fingerprint density at radius 3 is 2.55 bits per heavy atom. The molecule has 0 aliphatic heterocycles. The number of benzene rings is 1. The Bertz CT molecular complexity index is 717. The van der Waals surface area contributed by atoms with Gasteiger partial charge in [-0.15, -0.1) is 0 Å². The average molecular weight is 300 g/mol. The van der Waals surface area contributed by atoms with Crippen LogP contribution in [0.4, 0.5) is 5.69 Å². The second-order valence-electron chi connectivity index (χ2n) is 5.92. The normalized spacial score (nSPS) is 11.3. The Labute approximate surface area is 131 Å². The summed E-state index contributed by atoms with van der Waals surface area (Å²) in [6.45, 7) is 8.03. The number of aromatic nitrogens is 1. The van der Waals surface area contributed by atoms with E-state index in [0.29, 0.717) is 0 Å². The van der Waals surface area contributed by atoms with Gasteiger partial charge in [0.25, 0.3) is 0 Å². The van der Waals surface area contributed by atoms with E-state index in [1.807, 2.05) is 52.1 Å². The summed E-state index contributed by atoms with van der Waals surface area (Å²) in [5.41, 5.74) is 3.30. The number of hydrogen-bond acceptors (Lipinski definition) is 3. The van der Waals surface area contributed by atoms with Crippen molar-refractivity contribution in [3.05, 3.63) is 57.5 Å². The first kappa shape index (κ1) is 16.1. The van der Waals surface area contributed by atoms with Crippen LogP contribution in [0.3, 0.4) is 0 Å². The monoisotopic (exact) mass is 300 g/mol. The average Bonchev–Trinajstić information content (AvgIpc) is 2.49. The molecular formula is C18H24N2O2. The quantitative estimate of drug-likeness (QED) is 0.887. The van der Waals surface area contributed by atoms with E-state index < -0.39 is 5.60 Å². The zero-order chi connectivity index (χ0) is 16.3. The van der Waals surface area contributed by atoms with Crippen molar-refractivity contribution >= 4 is 5.69 Å². The van der Waals surface area contributed by atoms with Gasteiger partial charge in [0.1, 0.15) is 11.4 Å². The maximum atomic E-state index is 11.7. The van der Waals surface area contributed by atoms with Gasteiger partial charge in [-0.05, 0) is 56.5 Å². The first-order valence-electron chi connectivity index (χ1n) is 7.57. The number of aryl methyl sites for hydroxylation is 2. The Morgan fingerprint density at radius 1 is 1.23 bits per heavy atom. The minimum atomic E-state index is -0.613. The number of rotatable bonds is 5. The summed E-state index contributed by atoms with van der Waals surface area (Å²) in [6, 6.07) is 9.41. The summed E-state index contributed by atoms with van der Waals surface area (Å²) in [4.78, 5) is 14.6. The molecule has 0 atom stereocenters. The van der Waals surface area contributed by atoms with Crippen LogP contribution in [0, 0.1) is 6.92 Å². The third-order valence-electron chi connectivity index (χ3n) is 3.82. The largest absolute Gasteiger partial charge is 0.481 e. The maximum absolute atomic E-state index is 11.7. The lowest BCUT2D eigenvalue weighted by atomic mass is 9.97. The lowest BCUT2D eigenvalue weighted by molar-refractivity contribution is 0.101. The smallest absolute Gasteiger partial charge is 0.248 e. The molecule has 4 heteroatoms. The number of hydrogen-bond donors (Lipinski definition) is 2. The number of aromatic amines is 1. The van der Waals surface area contributed by atoms with Gasteiger partial charge in [-0.3, -0.25) is 4.79 Å². The lowest BCUT2D eigenvalue weighted by Gasteiger charge is -2.29. The molecule has 0 unspecified atom stereocenters. The number of anilines is 1.